The number of aryl methyl sites for hydroxylation is 2. The van der Waals surface area contributed by atoms with Gasteiger partial charge in [0.25, 0.3) is 0 Å². The zero-order chi connectivity index (χ0) is 11.3. The Morgan fingerprint density at radius 3 is 2.69 bits per heavy atom. The first kappa shape index (κ1) is 9.91. The summed E-state index contributed by atoms with van der Waals surface area (Å²) in [5.74, 6) is 0. The maximum absolute atomic E-state index is 5.90. The van der Waals surface area contributed by atoms with Crippen molar-refractivity contribution in [1.82, 2.24) is 4.57 Å². The number of benzene rings is 1. The third-order valence-corrected chi connectivity index (χ3v) is 3.65. The average Bonchev–Trinajstić information content (AvgIpc) is 3.05. The Balaban J connectivity index is 2.37. The van der Waals surface area contributed by atoms with Crippen molar-refractivity contribution in [1.29, 1.82) is 0 Å². The molecule has 84 valence electrons. The summed E-state index contributed by atoms with van der Waals surface area (Å²) in [6.07, 6.45) is 2.62. The molecule has 2 nitrogen and oxygen atoms in total. The molecule has 0 unspecified atom stereocenters. The number of fused-ring (bicyclic) bond motifs is 1. The summed E-state index contributed by atoms with van der Waals surface area (Å²) in [4.78, 5) is 0. The van der Waals surface area contributed by atoms with Crippen molar-refractivity contribution in [2.75, 3.05) is 0 Å². The molecule has 2 N–H and O–H groups in total. The first-order valence-corrected chi connectivity index (χ1v) is 6.02. The van der Waals surface area contributed by atoms with Gasteiger partial charge >= 0.3 is 0 Å². The second kappa shape index (κ2) is 3.36. The van der Waals surface area contributed by atoms with Crippen LogP contribution in [0, 0.1) is 13.8 Å². The molecule has 1 aliphatic carbocycles. The van der Waals surface area contributed by atoms with Crippen LogP contribution in [0.15, 0.2) is 18.2 Å². The standard InChI is InChI=1S/C14H18N2/c1-9-3-6-12-10(2)14(8-15)16(11-4-5-11)13(12)7-9/h3,6-7,11H,4-5,8,15H2,1-2H3. The summed E-state index contributed by atoms with van der Waals surface area (Å²) < 4.78 is 2.47. The molecule has 1 aromatic carbocycles. The van der Waals surface area contributed by atoms with Crippen molar-refractivity contribution in [3.63, 3.8) is 0 Å². The SMILES string of the molecule is Cc1ccc2c(C)c(CN)n(C3CC3)c2c1. The molecule has 1 fully saturated rings. The maximum atomic E-state index is 5.90. The first-order valence-electron chi connectivity index (χ1n) is 6.02. The second-order valence-electron chi connectivity index (χ2n) is 4.90. The van der Waals surface area contributed by atoms with Crippen molar-refractivity contribution < 1.29 is 0 Å². The third-order valence-electron chi connectivity index (χ3n) is 3.65. The third kappa shape index (κ3) is 1.30. The molecule has 0 amide bonds. The highest BCUT2D eigenvalue weighted by atomic mass is 15.1. The van der Waals surface area contributed by atoms with E-state index in [1.54, 1.807) is 0 Å². The summed E-state index contributed by atoms with van der Waals surface area (Å²) in [5, 5.41) is 1.37. The van der Waals surface area contributed by atoms with Crippen molar-refractivity contribution in [2.24, 2.45) is 5.73 Å². The summed E-state index contributed by atoms with van der Waals surface area (Å²) in [6.45, 7) is 5.00. The molecule has 1 aromatic heterocycles. The van der Waals surface area contributed by atoms with E-state index in [9.17, 15) is 0 Å². The van der Waals surface area contributed by atoms with Gasteiger partial charge < -0.3 is 10.3 Å². The minimum atomic E-state index is 0.649. The van der Waals surface area contributed by atoms with Crippen LogP contribution in [0.1, 0.15) is 35.7 Å². The molecule has 3 rings (SSSR count). The Morgan fingerprint density at radius 2 is 2.06 bits per heavy atom. The Bertz CT molecular complexity index is 547. The molecule has 0 radical (unpaired) electrons. The molecule has 1 heterocycles. The van der Waals surface area contributed by atoms with Crippen LogP contribution in [0.3, 0.4) is 0 Å². The minimum Gasteiger partial charge on any atom is -0.340 e. The molecule has 1 saturated carbocycles. The zero-order valence-corrected chi connectivity index (χ0v) is 9.96. The van der Waals surface area contributed by atoms with Crippen LogP contribution in [0.5, 0.6) is 0 Å². The highest BCUT2D eigenvalue weighted by Gasteiger charge is 2.28. The maximum Gasteiger partial charge on any atom is 0.0490 e. The van der Waals surface area contributed by atoms with E-state index in [0.717, 1.165) is 0 Å². The number of aromatic nitrogens is 1. The number of rotatable bonds is 2. The largest absolute Gasteiger partial charge is 0.340 e. The van der Waals surface area contributed by atoms with Gasteiger partial charge in [0, 0.05) is 29.2 Å². The van der Waals surface area contributed by atoms with E-state index in [-0.39, 0.29) is 0 Å². The predicted octanol–water partition coefficient (Wildman–Crippen LogP) is 3.05. The van der Waals surface area contributed by atoms with Crippen molar-refractivity contribution in [3.8, 4) is 0 Å². The lowest BCUT2D eigenvalue weighted by Gasteiger charge is -2.08. The molecule has 2 heteroatoms. The van der Waals surface area contributed by atoms with Gasteiger partial charge in [-0.1, -0.05) is 12.1 Å². The fourth-order valence-electron chi connectivity index (χ4n) is 2.64. The van der Waals surface area contributed by atoms with Crippen molar-refractivity contribution >= 4 is 10.9 Å². The van der Waals surface area contributed by atoms with E-state index in [1.165, 1.54) is 40.6 Å². The van der Waals surface area contributed by atoms with Crippen LogP contribution in [-0.2, 0) is 6.54 Å². The van der Waals surface area contributed by atoms with Crippen LogP contribution >= 0.6 is 0 Å². The van der Waals surface area contributed by atoms with E-state index in [2.05, 4.69) is 36.6 Å². The quantitative estimate of drug-likeness (QED) is 0.818. The first-order chi connectivity index (χ1) is 7.72. The predicted molar refractivity (Wildman–Crippen MR) is 67.6 cm³/mol. The number of hydrogen-bond donors (Lipinski definition) is 1. The van der Waals surface area contributed by atoms with Gasteiger partial charge in [-0.25, -0.2) is 0 Å². The van der Waals surface area contributed by atoms with Gasteiger partial charge in [0.05, 0.1) is 0 Å². The van der Waals surface area contributed by atoms with Gasteiger partial charge in [0.15, 0.2) is 0 Å². The molecule has 0 saturated heterocycles. The summed E-state index contributed by atoms with van der Waals surface area (Å²) in [5.41, 5.74) is 11.3. The smallest absolute Gasteiger partial charge is 0.0490 e. The summed E-state index contributed by atoms with van der Waals surface area (Å²) >= 11 is 0. The van der Waals surface area contributed by atoms with Crippen molar-refractivity contribution in [2.45, 2.75) is 39.3 Å². The fourth-order valence-corrected chi connectivity index (χ4v) is 2.64. The molecule has 0 atom stereocenters. The molecule has 0 aliphatic heterocycles. The van der Waals surface area contributed by atoms with E-state index in [1.807, 2.05) is 0 Å². The van der Waals surface area contributed by atoms with E-state index in [0.29, 0.717) is 12.6 Å². The van der Waals surface area contributed by atoms with Gasteiger partial charge in [-0.15, -0.1) is 0 Å². The van der Waals surface area contributed by atoms with Gasteiger partial charge in [-0.2, -0.15) is 0 Å². The van der Waals surface area contributed by atoms with E-state index >= 15 is 0 Å². The number of hydrogen-bond acceptors (Lipinski definition) is 1. The second-order valence-corrected chi connectivity index (χ2v) is 4.90. The average molecular weight is 214 g/mol. The summed E-state index contributed by atoms with van der Waals surface area (Å²) in [6, 6.07) is 7.42. The fraction of sp³-hybridized carbons (Fsp3) is 0.429. The highest BCUT2D eigenvalue weighted by Crippen LogP contribution is 2.41. The van der Waals surface area contributed by atoms with Gasteiger partial charge in [0.2, 0.25) is 0 Å². The minimum absolute atomic E-state index is 0.649. The lowest BCUT2D eigenvalue weighted by atomic mass is 10.1. The van der Waals surface area contributed by atoms with Crippen LogP contribution in [0.4, 0.5) is 0 Å². The summed E-state index contributed by atoms with van der Waals surface area (Å²) in [7, 11) is 0. The number of nitrogens with zero attached hydrogens (tertiary/aromatic N) is 1. The van der Waals surface area contributed by atoms with E-state index in [4.69, 9.17) is 5.73 Å². The van der Waals surface area contributed by atoms with Crippen LogP contribution in [-0.4, -0.2) is 4.57 Å². The highest BCUT2D eigenvalue weighted by molar-refractivity contribution is 5.86. The normalized spacial score (nSPS) is 15.9. The molecular formula is C14H18N2. The Labute approximate surface area is 96.1 Å². The monoisotopic (exact) mass is 214 g/mol. The molecule has 0 spiro atoms. The number of nitrogens with two attached hydrogens (primary N) is 1. The Hall–Kier alpha value is -1.28. The lowest BCUT2D eigenvalue weighted by molar-refractivity contribution is 0.717. The molecule has 1 aliphatic rings. The topological polar surface area (TPSA) is 30.9 Å². The van der Waals surface area contributed by atoms with Crippen LogP contribution in [0.25, 0.3) is 10.9 Å². The van der Waals surface area contributed by atoms with Crippen molar-refractivity contribution in [3.05, 3.63) is 35.0 Å². The van der Waals surface area contributed by atoms with E-state index < -0.39 is 0 Å². The van der Waals surface area contributed by atoms with Crippen LogP contribution in [0.2, 0.25) is 0 Å². The molecule has 0 bridgehead atoms. The van der Waals surface area contributed by atoms with Gasteiger partial charge in [-0.3, -0.25) is 0 Å². The van der Waals surface area contributed by atoms with Gasteiger partial charge in [-0.05, 0) is 43.9 Å². The zero-order valence-electron chi connectivity index (χ0n) is 9.96. The molecule has 16 heavy (non-hydrogen) atoms. The Morgan fingerprint density at radius 1 is 1.31 bits per heavy atom. The molecular weight excluding hydrogens is 196 g/mol. The molecule has 2 aromatic rings. The van der Waals surface area contributed by atoms with Gasteiger partial charge in [0.1, 0.15) is 0 Å². The lowest BCUT2D eigenvalue weighted by Crippen LogP contribution is -2.06. The van der Waals surface area contributed by atoms with Crippen LogP contribution < -0.4 is 5.73 Å². The Kier molecular flexibility index (Phi) is 2.08.